The van der Waals surface area contributed by atoms with Gasteiger partial charge in [0.1, 0.15) is 0 Å². The summed E-state index contributed by atoms with van der Waals surface area (Å²) in [5.74, 6) is 1.02. The molecule has 0 N–H and O–H groups in total. The number of azo groups is 3. The van der Waals surface area contributed by atoms with Gasteiger partial charge in [-0.1, -0.05) is 39.0 Å². The smallest absolute Gasteiger partial charge is 0.0552 e. The minimum absolute atomic E-state index is 0. The largest absolute Gasteiger partial charge is 0.216 e. The third-order valence-electron chi connectivity index (χ3n) is 4.23. The molecule has 0 radical (unpaired) electrons. The summed E-state index contributed by atoms with van der Waals surface area (Å²) in [5.41, 5.74) is 0.977. The molecular weight excluding hydrogens is 564 g/mol. The maximum Gasteiger partial charge on any atom is 0.0552 e. The third-order valence-corrected chi connectivity index (χ3v) is 4.23. The summed E-state index contributed by atoms with van der Waals surface area (Å²) in [6, 6.07) is 0. The zero-order valence-corrected chi connectivity index (χ0v) is 22.3. The Hall–Kier alpha value is 0.174. The van der Waals surface area contributed by atoms with E-state index in [-0.39, 0.29) is 72.7 Å². The molecule has 0 amide bonds. The Kier molecular flexibility index (Phi) is 10.5. The Labute approximate surface area is 201 Å². The standard InChI is InChI=1S/C16H21N6.3BrH.Ti/c1-10-7-14(4,20-17-10)13(15(5)8-11(2)18-21-15)16(6)9-12(3)19-22-16;;;;/h7-9H,1-6H3;3*1H;/q-1;;;;. The van der Waals surface area contributed by atoms with E-state index in [1.165, 1.54) is 0 Å². The molecule has 3 aliphatic rings. The van der Waals surface area contributed by atoms with Gasteiger partial charge < -0.3 is 0 Å². The van der Waals surface area contributed by atoms with Crippen LogP contribution < -0.4 is 0 Å². The summed E-state index contributed by atoms with van der Waals surface area (Å²) in [6.07, 6.45) is 6.19. The monoisotopic (exact) mass is 585 g/mol. The molecule has 10 heteroatoms. The van der Waals surface area contributed by atoms with Crippen molar-refractivity contribution >= 4 is 50.9 Å². The summed E-state index contributed by atoms with van der Waals surface area (Å²) in [6.45, 7) is 12.0. The van der Waals surface area contributed by atoms with Crippen molar-refractivity contribution in [2.75, 3.05) is 0 Å². The second-order valence-electron chi connectivity index (χ2n) is 6.77. The normalized spacial score (nSPS) is 33.6. The molecular formula is C16H24Br3N6Ti-. The number of rotatable bonds is 3. The van der Waals surface area contributed by atoms with Crippen molar-refractivity contribution in [3.63, 3.8) is 0 Å². The first kappa shape index (κ1) is 28.4. The first-order valence-corrected chi connectivity index (χ1v) is 7.42. The molecule has 0 fully saturated rings. The summed E-state index contributed by atoms with van der Waals surface area (Å²) in [5, 5.41) is 26.2. The van der Waals surface area contributed by atoms with Gasteiger partial charge in [0.05, 0.1) is 17.1 Å². The number of hydrogen-bond acceptors (Lipinski definition) is 6. The number of halogens is 3. The zero-order chi connectivity index (χ0) is 16.2. The van der Waals surface area contributed by atoms with Crippen molar-refractivity contribution in [3.8, 4) is 0 Å². The van der Waals surface area contributed by atoms with Crippen LogP contribution in [-0.4, -0.2) is 16.6 Å². The minimum atomic E-state index is -0.576. The molecule has 3 unspecified atom stereocenters. The van der Waals surface area contributed by atoms with Crippen molar-refractivity contribution in [1.29, 1.82) is 0 Å². The van der Waals surface area contributed by atoms with E-state index in [2.05, 4.69) is 48.9 Å². The van der Waals surface area contributed by atoms with Crippen LogP contribution in [-0.2, 0) is 21.7 Å². The van der Waals surface area contributed by atoms with Crippen molar-refractivity contribution in [3.05, 3.63) is 41.2 Å². The average molecular weight is 588 g/mol. The fraction of sp³-hybridized carbons (Fsp3) is 0.562. The molecule has 3 heterocycles. The quantitative estimate of drug-likeness (QED) is 0.261. The predicted molar refractivity (Wildman–Crippen MR) is 115 cm³/mol. The first-order chi connectivity index (χ1) is 10.2. The van der Waals surface area contributed by atoms with E-state index >= 15 is 0 Å². The van der Waals surface area contributed by atoms with E-state index in [0.29, 0.717) is 0 Å². The van der Waals surface area contributed by atoms with Gasteiger partial charge in [-0.3, -0.25) is 0 Å². The van der Waals surface area contributed by atoms with Gasteiger partial charge in [0, 0.05) is 21.7 Å². The fourth-order valence-electron chi connectivity index (χ4n) is 3.85. The number of nitrogens with zero attached hydrogens (tertiary/aromatic N) is 6. The molecule has 0 aromatic rings. The Balaban J connectivity index is 0. The second kappa shape index (κ2) is 9.59. The Morgan fingerprint density at radius 2 is 0.846 bits per heavy atom. The zero-order valence-electron chi connectivity index (χ0n) is 15.6. The molecule has 3 rings (SSSR count). The van der Waals surface area contributed by atoms with Crippen LogP contribution in [0.5, 0.6) is 0 Å². The van der Waals surface area contributed by atoms with Crippen LogP contribution >= 0.6 is 50.9 Å². The molecule has 26 heavy (non-hydrogen) atoms. The van der Waals surface area contributed by atoms with E-state index in [4.69, 9.17) is 0 Å². The van der Waals surface area contributed by atoms with Crippen molar-refractivity contribution in [2.24, 2.45) is 30.7 Å². The molecule has 144 valence electrons. The van der Waals surface area contributed by atoms with Crippen molar-refractivity contribution < 1.29 is 21.7 Å². The Bertz CT molecular complexity index is 622. The minimum Gasteiger partial charge on any atom is -0.216 e. The Morgan fingerprint density at radius 3 is 1.00 bits per heavy atom. The molecule has 3 atom stereocenters. The molecule has 0 spiro atoms. The second-order valence-corrected chi connectivity index (χ2v) is 6.77. The maximum absolute atomic E-state index is 4.51. The van der Waals surface area contributed by atoms with Crippen molar-refractivity contribution in [1.82, 2.24) is 0 Å². The summed E-state index contributed by atoms with van der Waals surface area (Å²) in [7, 11) is 0. The van der Waals surface area contributed by atoms with Crippen LogP contribution in [0.25, 0.3) is 0 Å². The van der Waals surface area contributed by atoms with Crippen molar-refractivity contribution in [2.45, 2.75) is 58.2 Å². The summed E-state index contributed by atoms with van der Waals surface area (Å²) < 4.78 is 0. The van der Waals surface area contributed by atoms with Gasteiger partial charge in [-0.05, 0) is 37.4 Å². The van der Waals surface area contributed by atoms with Crippen LogP contribution in [0.4, 0.5) is 0 Å². The van der Waals surface area contributed by atoms with Crippen LogP contribution in [0.3, 0.4) is 0 Å². The van der Waals surface area contributed by atoms with Crippen LogP contribution in [0.1, 0.15) is 41.5 Å². The number of hydrogen-bond donors (Lipinski definition) is 0. The third kappa shape index (κ3) is 4.96. The SMILES string of the molecule is Br.Br.Br.CC1=CC(C)([C-](C2(C)C=C(C)N=N2)C2(C)C=C(C)N=N2)N=N1.[Ti]. The van der Waals surface area contributed by atoms with Crippen LogP contribution in [0.2, 0.25) is 0 Å². The molecule has 0 aliphatic carbocycles. The topological polar surface area (TPSA) is 74.2 Å². The number of allylic oxidation sites excluding steroid dienone is 3. The van der Waals surface area contributed by atoms with E-state index in [1.807, 2.05) is 41.5 Å². The van der Waals surface area contributed by atoms with E-state index in [1.54, 1.807) is 0 Å². The summed E-state index contributed by atoms with van der Waals surface area (Å²) in [4.78, 5) is 0. The van der Waals surface area contributed by atoms with E-state index in [9.17, 15) is 0 Å². The predicted octanol–water partition coefficient (Wildman–Crippen LogP) is 6.68. The molecule has 0 bridgehead atoms. The van der Waals surface area contributed by atoms with Crippen LogP contribution in [0, 0.1) is 5.92 Å². The van der Waals surface area contributed by atoms with Gasteiger partial charge in [0.25, 0.3) is 0 Å². The van der Waals surface area contributed by atoms with Gasteiger partial charge >= 0.3 is 0 Å². The van der Waals surface area contributed by atoms with E-state index < -0.39 is 16.6 Å². The molecule has 0 saturated carbocycles. The van der Waals surface area contributed by atoms with E-state index in [0.717, 1.165) is 23.0 Å². The average Bonchev–Trinajstić information content (AvgIpc) is 3.01. The molecule has 3 aliphatic heterocycles. The summed E-state index contributed by atoms with van der Waals surface area (Å²) >= 11 is 0. The molecule has 6 nitrogen and oxygen atoms in total. The Morgan fingerprint density at radius 1 is 0.615 bits per heavy atom. The van der Waals surface area contributed by atoms with Gasteiger partial charge in [0.2, 0.25) is 0 Å². The van der Waals surface area contributed by atoms with Gasteiger partial charge in [0.15, 0.2) is 0 Å². The fourth-order valence-corrected chi connectivity index (χ4v) is 3.85. The molecule has 0 aromatic carbocycles. The van der Waals surface area contributed by atoms with Crippen LogP contribution in [0.15, 0.2) is 66.0 Å². The van der Waals surface area contributed by atoms with Gasteiger partial charge in [-0.2, -0.15) is 15.3 Å². The molecule has 0 aromatic heterocycles. The van der Waals surface area contributed by atoms with Gasteiger partial charge in [-0.15, -0.1) is 50.9 Å². The first-order valence-electron chi connectivity index (χ1n) is 7.42. The molecule has 0 saturated heterocycles. The maximum atomic E-state index is 4.51. The van der Waals surface area contributed by atoms with Gasteiger partial charge in [-0.25, -0.2) is 21.3 Å².